The molecule has 3 rings (SSSR count). The molecule has 0 radical (unpaired) electrons. The van der Waals surface area contributed by atoms with Crippen LogP contribution in [-0.4, -0.2) is 79.5 Å². The first-order valence-corrected chi connectivity index (χ1v) is 11.1. The Hall–Kier alpha value is -1.66. The highest BCUT2D eigenvalue weighted by molar-refractivity contribution is 7.89. The predicted octanol–water partition coefficient (Wildman–Crippen LogP) is 1.17. The molecule has 1 aliphatic rings. The minimum absolute atomic E-state index is 0.118. The molecule has 1 saturated heterocycles. The number of methoxy groups -OCH3 is 2. The Morgan fingerprint density at radius 3 is 2.82 bits per heavy atom. The first-order valence-electron chi connectivity index (χ1n) is 8.90. The minimum Gasteiger partial charge on any atom is -0.354 e. The maximum atomic E-state index is 13.2. The molecule has 1 aromatic heterocycles. The summed E-state index contributed by atoms with van der Waals surface area (Å²) in [5.74, 6) is -0.525. The lowest BCUT2D eigenvalue weighted by Crippen LogP contribution is -2.47. The number of carbonyl (C=O) groups is 1. The summed E-state index contributed by atoms with van der Waals surface area (Å²) in [5.41, 5.74) is 0.932. The van der Waals surface area contributed by atoms with E-state index in [-0.39, 0.29) is 23.9 Å². The first-order chi connectivity index (χ1) is 13.4. The van der Waals surface area contributed by atoms with Crippen molar-refractivity contribution in [2.75, 3.05) is 40.9 Å². The predicted molar refractivity (Wildman–Crippen MR) is 104 cm³/mol. The summed E-state index contributed by atoms with van der Waals surface area (Å²) in [6, 6.07) is 4.93. The number of nitrogens with zero attached hydrogens (tertiary/aromatic N) is 4. The molecule has 1 aromatic carbocycles. The van der Waals surface area contributed by atoms with Gasteiger partial charge in [-0.15, -0.1) is 0 Å². The van der Waals surface area contributed by atoms with Crippen LogP contribution in [0.5, 0.6) is 0 Å². The van der Waals surface area contributed by atoms with E-state index in [0.29, 0.717) is 30.4 Å². The van der Waals surface area contributed by atoms with Gasteiger partial charge >= 0.3 is 0 Å². The molecule has 2 heterocycles. The molecule has 0 bridgehead atoms. The third kappa shape index (κ3) is 4.18. The van der Waals surface area contributed by atoms with Gasteiger partial charge in [-0.25, -0.2) is 8.42 Å². The molecule has 9 nitrogen and oxygen atoms in total. The number of amides is 1. The van der Waals surface area contributed by atoms with Crippen LogP contribution in [0.4, 0.5) is 0 Å². The number of fused-ring (bicyclic) bond motifs is 1. The number of piperidine rings is 1. The van der Waals surface area contributed by atoms with Gasteiger partial charge < -0.3 is 14.4 Å². The van der Waals surface area contributed by atoms with Crippen molar-refractivity contribution in [3.05, 3.63) is 18.2 Å². The standard InChI is InChI=1S/C17H24N4O5S2/c1-20(11-15(25-2)26-3)17(22)12-6-5-9-21(10-12)28(23,24)14-8-4-7-13-16(14)19-27-18-13/h4,7-8,12,15H,5-6,9-11H2,1-3H3/t12-/m1/s1. The van der Waals surface area contributed by atoms with Gasteiger partial charge in [0.15, 0.2) is 6.29 Å². The van der Waals surface area contributed by atoms with Gasteiger partial charge in [-0.3, -0.25) is 4.79 Å². The van der Waals surface area contributed by atoms with E-state index in [9.17, 15) is 13.2 Å². The summed E-state index contributed by atoms with van der Waals surface area (Å²) in [4.78, 5) is 14.5. The Morgan fingerprint density at radius 2 is 2.11 bits per heavy atom. The van der Waals surface area contributed by atoms with Crippen molar-refractivity contribution < 1.29 is 22.7 Å². The fourth-order valence-corrected chi connectivity index (χ4v) is 5.64. The third-order valence-corrected chi connectivity index (χ3v) is 7.36. The highest BCUT2D eigenvalue weighted by atomic mass is 32.2. The van der Waals surface area contributed by atoms with Crippen molar-refractivity contribution in [1.82, 2.24) is 18.0 Å². The molecule has 0 saturated carbocycles. The second kappa shape index (κ2) is 8.78. The van der Waals surface area contributed by atoms with Gasteiger partial charge in [0, 0.05) is 34.4 Å². The zero-order valence-electron chi connectivity index (χ0n) is 16.1. The molecule has 0 spiro atoms. The fraction of sp³-hybridized carbons (Fsp3) is 0.588. The smallest absolute Gasteiger partial charge is 0.245 e. The average Bonchev–Trinajstić information content (AvgIpc) is 3.20. The van der Waals surface area contributed by atoms with Gasteiger partial charge in [-0.1, -0.05) is 6.07 Å². The Bertz CT molecular complexity index is 929. The van der Waals surface area contributed by atoms with E-state index in [4.69, 9.17) is 9.47 Å². The van der Waals surface area contributed by atoms with E-state index in [1.165, 1.54) is 23.4 Å². The number of benzene rings is 1. The number of likely N-dealkylation sites (N-methyl/N-ethyl adjacent to an activating group) is 1. The van der Waals surface area contributed by atoms with Crippen LogP contribution in [0, 0.1) is 5.92 Å². The van der Waals surface area contributed by atoms with E-state index < -0.39 is 22.2 Å². The fourth-order valence-electron chi connectivity index (χ4n) is 3.36. The second-order valence-corrected chi connectivity index (χ2v) is 9.14. The quantitative estimate of drug-likeness (QED) is 0.610. The molecule has 0 aliphatic carbocycles. The number of ether oxygens (including phenoxy) is 2. The van der Waals surface area contributed by atoms with E-state index in [2.05, 4.69) is 8.75 Å². The van der Waals surface area contributed by atoms with Gasteiger partial charge in [0.25, 0.3) is 0 Å². The lowest BCUT2D eigenvalue weighted by Gasteiger charge is -2.33. The normalized spacial score (nSPS) is 18.6. The van der Waals surface area contributed by atoms with Gasteiger partial charge in [0.1, 0.15) is 15.9 Å². The maximum Gasteiger partial charge on any atom is 0.245 e. The number of aromatic nitrogens is 2. The van der Waals surface area contributed by atoms with Crippen LogP contribution in [0.3, 0.4) is 0 Å². The molecule has 0 unspecified atom stereocenters. The molecule has 11 heteroatoms. The van der Waals surface area contributed by atoms with Crippen molar-refractivity contribution in [2.45, 2.75) is 24.0 Å². The summed E-state index contributed by atoms with van der Waals surface area (Å²) < 4.78 is 46.3. The molecular weight excluding hydrogens is 404 g/mol. The second-order valence-electron chi connectivity index (χ2n) is 6.71. The molecule has 1 amide bonds. The van der Waals surface area contributed by atoms with Crippen molar-refractivity contribution in [2.24, 2.45) is 5.92 Å². The molecule has 2 aromatic rings. The van der Waals surface area contributed by atoms with E-state index in [0.717, 1.165) is 11.7 Å². The Labute approximate surface area is 168 Å². The Balaban J connectivity index is 1.77. The van der Waals surface area contributed by atoms with Gasteiger partial charge in [-0.05, 0) is 25.0 Å². The molecule has 0 N–H and O–H groups in total. The molecule has 154 valence electrons. The molecule has 28 heavy (non-hydrogen) atoms. The summed E-state index contributed by atoms with van der Waals surface area (Å²) in [6.45, 7) is 0.797. The lowest BCUT2D eigenvalue weighted by molar-refractivity contribution is -0.147. The van der Waals surface area contributed by atoms with Crippen LogP contribution in [0.15, 0.2) is 23.1 Å². The van der Waals surface area contributed by atoms with Crippen LogP contribution >= 0.6 is 11.7 Å². The Morgan fingerprint density at radius 1 is 1.36 bits per heavy atom. The van der Waals surface area contributed by atoms with Crippen LogP contribution < -0.4 is 0 Å². The number of carbonyl (C=O) groups excluding carboxylic acids is 1. The first kappa shape index (κ1) is 21.1. The molecule has 1 fully saturated rings. The van der Waals surface area contributed by atoms with Gasteiger partial charge in [0.2, 0.25) is 15.9 Å². The monoisotopic (exact) mass is 428 g/mol. The van der Waals surface area contributed by atoms with Gasteiger partial charge in [0.05, 0.1) is 24.2 Å². The number of hydrogen-bond acceptors (Lipinski definition) is 8. The summed E-state index contributed by atoms with van der Waals surface area (Å²) in [5, 5.41) is 0. The third-order valence-electron chi connectivity index (χ3n) is 4.93. The van der Waals surface area contributed by atoms with E-state index in [1.54, 1.807) is 25.2 Å². The zero-order chi connectivity index (χ0) is 20.3. The van der Waals surface area contributed by atoms with Crippen molar-refractivity contribution >= 4 is 38.7 Å². The van der Waals surface area contributed by atoms with Crippen LogP contribution in [-0.2, 0) is 24.3 Å². The van der Waals surface area contributed by atoms with Crippen LogP contribution in [0.25, 0.3) is 11.0 Å². The molecule has 1 aliphatic heterocycles. The number of rotatable bonds is 7. The summed E-state index contributed by atoms with van der Waals surface area (Å²) in [6.07, 6.45) is 0.738. The Kier molecular flexibility index (Phi) is 6.61. The highest BCUT2D eigenvalue weighted by Gasteiger charge is 2.36. The van der Waals surface area contributed by atoms with E-state index in [1.807, 2.05) is 0 Å². The molecular formula is C17H24N4O5S2. The van der Waals surface area contributed by atoms with Gasteiger partial charge in [-0.2, -0.15) is 13.1 Å². The summed E-state index contributed by atoms with van der Waals surface area (Å²) in [7, 11) is 0.922. The number of hydrogen-bond donors (Lipinski definition) is 0. The van der Waals surface area contributed by atoms with Crippen LogP contribution in [0.1, 0.15) is 12.8 Å². The molecule has 1 atom stereocenters. The largest absolute Gasteiger partial charge is 0.354 e. The maximum absolute atomic E-state index is 13.2. The minimum atomic E-state index is -3.77. The lowest BCUT2D eigenvalue weighted by atomic mass is 9.98. The van der Waals surface area contributed by atoms with Crippen molar-refractivity contribution in [1.29, 1.82) is 0 Å². The van der Waals surface area contributed by atoms with Crippen molar-refractivity contribution in [3.63, 3.8) is 0 Å². The highest BCUT2D eigenvalue weighted by Crippen LogP contribution is 2.28. The van der Waals surface area contributed by atoms with E-state index >= 15 is 0 Å². The SMILES string of the molecule is COC(CN(C)C(=O)[C@@H]1CCCN(S(=O)(=O)c2cccc3nsnc23)C1)OC. The summed E-state index contributed by atoms with van der Waals surface area (Å²) >= 11 is 0.982. The topological polar surface area (TPSA) is 102 Å². The number of sulfonamides is 1. The van der Waals surface area contributed by atoms with Crippen LogP contribution in [0.2, 0.25) is 0 Å². The van der Waals surface area contributed by atoms with Crippen molar-refractivity contribution in [3.8, 4) is 0 Å². The average molecular weight is 429 g/mol. The zero-order valence-corrected chi connectivity index (χ0v) is 17.7.